The third kappa shape index (κ3) is 3.79. The number of aryl methyl sites for hydroxylation is 1. The first-order valence-electron chi connectivity index (χ1n) is 4.93. The minimum Gasteiger partial charge on any atom is -0.336 e. The van der Waals surface area contributed by atoms with Crippen LogP contribution in [0.4, 0.5) is 10.5 Å². The van der Waals surface area contributed by atoms with Crippen LogP contribution in [0.5, 0.6) is 0 Å². The first kappa shape index (κ1) is 13.5. The van der Waals surface area contributed by atoms with Gasteiger partial charge in [0.05, 0.1) is 5.69 Å². The topological polar surface area (TPSA) is 41.1 Å². The van der Waals surface area contributed by atoms with E-state index in [9.17, 15) is 4.79 Å². The summed E-state index contributed by atoms with van der Waals surface area (Å²) >= 11 is 6.84. The molecule has 0 unspecified atom stereocenters. The van der Waals surface area contributed by atoms with E-state index in [4.69, 9.17) is 0 Å². The number of nitrogens with one attached hydrogen (secondary N) is 2. The van der Waals surface area contributed by atoms with E-state index < -0.39 is 0 Å². The maximum absolute atomic E-state index is 11.5. The molecule has 0 bridgehead atoms. The Balaban J connectivity index is 2.85. The highest BCUT2D eigenvalue weighted by Gasteiger charge is 2.10. The fourth-order valence-electron chi connectivity index (χ4n) is 1.23. The highest BCUT2D eigenvalue weighted by atomic mass is 79.9. The quantitative estimate of drug-likeness (QED) is 0.830. The van der Waals surface area contributed by atoms with Gasteiger partial charge in [-0.15, -0.1) is 0 Å². The van der Waals surface area contributed by atoms with Gasteiger partial charge in [-0.3, -0.25) is 0 Å². The Hall–Kier alpha value is -0.550. The summed E-state index contributed by atoms with van der Waals surface area (Å²) in [6, 6.07) is 3.81. The van der Waals surface area contributed by atoms with E-state index in [1.165, 1.54) is 0 Å². The number of rotatable bonds is 2. The average molecular weight is 350 g/mol. The number of anilines is 1. The minimum absolute atomic E-state index is 0.114. The minimum atomic E-state index is -0.208. The zero-order valence-corrected chi connectivity index (χ0v) is 12.6. The molecule has 1 aromatic rings. The molecule has 5 heteroatoms. The average Bonchev–Trinajstić information content (AvgIpc) is 2.09. The fourth-order valence-corrected chi connectivity index (χ4v) is 2.84. The Morgan fingerprint density at radius 3 is 2.19 bits per heavy atom. The van der Waals surface area contributed by atoms with Crippen LogP contribution in [0.2, 0.25) is 0 Å². The third-order valence-corrected chi connectivity index (χ3v) is 3.10. The van der Waals surface area contributed by atoms with Crippen LogP contribution in [0.25, 0.3) is 0 Å². The van der Waals surface area contributed by atoms with Crippen molar-refractivity contribution in [2.24, 2.45) is 0 Å². The summed E-state index contributed by atoms with van der Waals surface area (Å²) in [5, 5.41) is 5.56. The second-order valence-corrected chi connectivity index (χ2v) is 5.57. The van der Waals surface area contributed by atoms with Gasteiger partial charge in [0, 0.05) is 15.0 Å². The predicted molar refractivity (Wildman–Crippen MR) is 73.9 cm³/mol. The van der Waals surface area contributed by atoms with Crippen LogP contribution in [-0.4, -0.2) is 12.1 Å². The molecular weight excluding hydrogens is 336 g/mol. The zero-order valence-electron chi connectivity index (χ0n) is 9.40. The van der Waals surface area contributed by atoms with Gasteiger partial charge in [0.1, 0.15) is 0 Å². The Morgan fingerprint density at radius 1 is 1.25 bits per heavy atom. The van der Waals surface area contributed by atoms with Crippen molar-refractivity contribution in [3.8, 4) is 0 Å². The summed E-state index contributed by atoms with van der Waals surface area (Å²) < 4.78 is 1.72. The van der Waals surface area contributed by atoms with Crippen LogP contribution in [0.1, 0.15) is 19.4 Å². The van der Waals surface area contributed by atoms with E-state index in [1.807, 2.05) is 32.9 Å². The van der Waals surface area contributed by atoms with Crippen LogP contribution in [0.15, 0.2) is 21.1 Å². The standard InChI is InChI=1S/C11H14Br2N2O/c1-6(2)14-11(16)15-10-8(12)4-7(3)5-9(10)13/h4-6H,1-3H3,(H2,14,15,16). The number of hydrogen-bond donors (Lipinski definition) is 2. The van der Waals surface area contributed by atoms with E-state index in [2.05, 4.69) is 42.5 Å². The van der Waals surface area contributed by atoms with E-state index >= 15 is 0 Å². The Morgan fingerprint density at radius 2 is 1.75 bits per heavy atom. The number of urea groups is 1. The van der Waals surface area contributed by atoms with Gasteiger partial charge < -0.3 is 10.6 Å². The van der Waals surface area contributed by atoms with Crippen LogP contribution in [0.3, 0.4) is 0 Å². The Kier molecular flexibility index (Phi) is 4.80. The van der Waals surface area contributed by atoms with Gasteiger partial charge in [0.2, 0.25) is 0 Å². The summed E-state index contributed by atoms with van der Waals surface area (Å²) in [5.74, 6) is 0. The molecule has 0 saturated carbocycles. The van der Waals surface area contributed by atoms with Crippen LogP contribution in [0, 0.1) is 6.92 Å². The van der Waals surface area contributed by atoms with Gasteiger partial charge in [-0.2, -0.15) is 0 Å². The lowest BCUT2D eigenvalue weighted by atomic mass is 10.2. The molecule has 16 heavy (non-hydrogen) atoms. The molecule has 3 nitrogen and oxygen atoms in total. The van der Waals surface area contributed by atoms with Gasteiger partial charge in [-0.1, -0.05) is 0 Å². The number of carbonyl (C=O) groups is 1. The van der Waals surface area contributed by atoms with Crippen molar-refractivity contribution < 1.29 is 4.79 Å². The highest BCUT2D eigenvalue weighted by molar-refractivity contribution is 9.11. The SMILES string of the molecule is Cc1cc(Br)c(NC(=O)NC(C)C)c(Br)c1. The normalized spacial score (nSPS) is 10.4. The molecule has 88 valence electrons. The monoisotopic (exact) mass is 348 g/mol. The van der Waals surface area contributed by atoms with Crippen molar-refractivity contribution in [3.63, 3.8) is 0 Å². The lowest BCUT2D eigenvalue weighted by Gasteiger charge is -2.13. The highest BCUT2D eigenvalue weighted by Crippen LogP contribution is 2.32. The van der Waals surface area contributed by atoms with E-state index in [1.54, 1.807) is 0 Å². The zero-order chi connectivity index (χ0) is 12.3. The van der Waals surface area contributed by atoms with E-state index in [-0.39, 0.29) is 12.1 Å². The molecule has 0 heterocycles. The lowest BCUT2D eigenvalue weighted by Crippen LogP contribution is -2.34. The first-order chi connectivity index (χ1) is 7.40. The van der Waals surface area contributed by atoms with Crippen molar-refractivity contribution in [2.45, 2.75) is 26.8 Å². The molecule has 0 aliphatic carbocycles. The van der Waals surface area contributed by atoms with Gasteiger partial charge in [0.25, 0.3) is 0 Å². The predicted octanol–water partition coefficient (Wildman–Crippen LogP) is 4.05. The maximum atomic E-state index is 11.5. The smallest absolute Gasteiger partial charge is 0.319 e. The van der Waals surface area contributed by atoms with E-state index in [0.29, 0.717) is 0 Å². The number of halogens is 2. The van der Waals surface area contributed by atoms with Gasteiger partial charge in [0.15, 0.2) is 0 Å². The van der Waals surface area contributed by atoms with Crippen molar-refractivity contribution in [1.29, 1.82) is 0 Å². The number of amides is 2. The Bertz CT molecular complexity index is 382. The molecular formula is C11H14Br2N2O. The summed E-state index contributed by atoms with van der Waals surface area (Å²) in [4.78, 5) is 11.5. The van der Waals surface area contributed by atoms with Crippen LogP contribution < -0.4 is 10.6 Å². The van der Waals surface area contributed by atoms with Gasteiger partial charge in [-0.05, 0) is 70.3 Å². The Labute approximate surface area is 112 Å². The molecule has 0 aromatic heterocycles. The van der Waals surface area contributed by atoms with Crippen LogP contribution >= 0.6 is 31.9 Å². The summed E-state index contributed by atoms with van der Waals surface area (Å²) in [7, 11) is 0. The van der Waals surface area contributed by atoms with Gasteiger partial charge >= 0.3 is 6.03 Å². The summed E-state index contributed by atoms with van der Waals surface area (Å²) in [5.41, 5.74) is 1.86. The molecule has 1 aromatic carbocycles. The van der Waals surface area contributed by atoms with Gasteiger partial charge in [-0.25, -0.2) is 4.79 Å². The molecule has 2 amide bonds. The molecule has 2 N–H and O–H groups in total. The summed E-state index contributed by atoms with van der Waals surface area (Å²) in [6.45, 7) is 5.82. The first-order valence-corrected chi connectivity index (χ1v) is 6.52. The second kappa shape index (κ2) is 5.68. The molecule has 1 rings (SSSR count). The van der Waals surface area contributed by atoms with Crippen molar-refractivity contribution in [2.75, 3.05) is 5.32 Å². The molecule has 0 spiro atoms. The number of hydrogen-bond acceptors (Lipinski definition) is 1. The third-order valence-electron chi connectivity index (χ3n) is 1.84. The molecule has 0 aliphatic heterocycles. The largest absolute Gasteiger partial charge is 0.336 e. The summed E-state index contributed by atoms with van der Waals surface area (Å²) in [6.07, 6.45) is 0. The van der Waals surface area contributed by atoms with Crippen molar-refractivity contribution in [3.05, 3.63) is 26.6 Å². The van der Waals surface area contributed by atoms with E-state index in [0.717, 1.165) is 20.2 Å². The number of benzene rings is 1. The molecule has 0 saturated heterocycles. The van der Waals surface area contributed by atoms with Crippen molar-refractivity contribution >= 4 is 43.6 Å². The molecule has 0 radical (unpaired) electrons. The second-order valence-electron chi connectivity index (χ2n) is 3.86. The van der Waals surface area contributed by atoms with Crippen molar-refractivity contribution in [1.82, 2.24) is 5.32 Å². The van der Waals surface area contributed by atoms with Crippen LogP contribution in [-0.2, 0) is 0 Å². The lowest BCUT2D eigenvalue weighted by molar-refractivity contribution is 0.250. The number of carbonyl (C=O) groups excluding carboxylic acids is 1. The maximum Gasteiger partial charge on any atom is 0.319 e. The molecule has 0 atom stereocenters. The molecule has 0 aliphatic rings. The molecule has 0 fully saturated rings. The fraction of sp³-hybridized carbons (Fsp3) is 0.364.